The van der Waals surface area contributed by atoms with Crippen molar-refractivity contribution in [2.45, 2.75) is 11.8 Å². The summed E-state index contributed by atoms with van der Waals surface area (Å²) in [5.41, 5.74) is 1.06. The number of esters is 1. The number of carbonyl (C=O) groups excluding carboxylic acids is 1. The molecule has 0 N–H and O–H groups in total. The lowest BCUT2D eigenvalue weighted by Crippen LogP contribution is -2.12. The van der Waals surface area contributed by atoms with Gasteiger partial charge in [-0.1, -0.05) is 30.3 Å². The van der Waals surface area contributed by atoms with Crippen LogP contribution in [0.4, 0.5) is 8.78 Å². The smallest absolute Gasteiger partial charge is 0.330 e. The van der Waals surface area contributed by atoms with E-state index in [1.807, 2.05) is 12.1 Å². The summed E-state index contributed by atoms with van der Waals surface area (Å²) in [6, 6.07) is 12.7. The van der Waals surface area contributed by atoms with Crippen LogP contribution in [0.3, 0.4) is 0 Å². The molecular formula is C19H16F2O2. The number of hydrogen-bond donors (Lipinski definition) is 0. The highest BCUT2D eigenvalue weighted by Gasteiger charge is 2.55. The first-order chi connectivity index (χ1) is 11.1. The minimum absolute atomic E-state index is 0.00907. The van der Waals surface area contributed by atoms with E-state index < -0.39 is 11.4 Å². The van der Waals surface area contributed by atoms with E-state index in [2.05, 4.69) is 4.74 Å². The van der Waals surface area contributed by atoms with Crippen LogP contribution >= 0.6 is 0 Å². The van der Waals surface area contributed by atoms with E-state index in [1.54, 1.807) is 18.2 Å². The summed E-state index contributed by atoms with van der Waals surface area (Å²) in [6.45, 7) is 0. The molecule has 4 heteroatoms. The van der Waals surface area contributed by atoms with Gasteiger partial charge < -0.3 is 4.74 Å². The number of halogens is 2. The van der Waals surface area contributed by atoms with Gasteiger partial charge in [0.25, 0.3) is 0 Å². The molecule has 0 spiro atoms. The van der Waals surface area contributed by atoms with Crippen LogP contribution in [0, 0.1) is 17.6 Å². The molecule has 1 fully saturated rings. The maximum absolute atomic E-state index is 13.6. The third kappa shape index (κ3) is 2.89. The van der Waals surface area contributed by atoms with E-state index in [0.29, 0.717) is 6.42 Å². The highest BCUT2D eigenvalue weighted by molar-refractivity contribution is 5.82. The van der Waals surface area contributed by atoms with Gasteiger partial charge in [0.15, 0.2) is 0 Å². The Morgan fingerprint density at radius 2 is 1.70 bits per heavy atom. The Bertz CT molecular complexity index is 722. The van der Waals surface area contributed by atoms with Gasteiger partial charge in [-0.05, 0) is 47.7 Å². The van der Waals surface area contributed by atoms with Crippen molar-refractivity contribution in [3.63, 3.8) is 0 Å². The van der Waals surface area contributed by atoms with Crippen LogP contribution in [-0.4, -0.2) is 13.1 Å². The largest absolute Gasteiger partial charge is 0.466 e. The van der Waals surface area contributed by atoms with Crippen molar-refractivity contribution < 1.29 is 18.3 Å². The van der Waals surface area contributed by atoms with Gasteiger partial charge in [0.1, 0.15) is 11.6 Å². The minimum atomic E-state index is -0.505. The molecule has 0 bridgehead atoms. The van der Waals surface area contributed by atoms with Gasteiger partial charge in [0, 0.05) is 11.5 Å². The molecule has 1 saturated carbocycles. The molecule has 2 nitrogen and oxygen atoms in total. The average molecular weight is 314 g/mol. The summed E-state index contributed by atoms with van der Waals surface area (Å²) in [4.78, 5) is 11.3. The lowest BCUT2D eigenvalue weighted by atomic mass is 9.85. The third-order valence-electron chi connectivity index (χ3n) is 4.36. The molecule has 23 heavy (non-hydrogen) atoms. The number of methoxy groups -OCH3 is 1. The Hall–Kier alpha value is -2.49. The fraction of sp³-hybridized carbons (Fsp3) is 0.211. The molecule has 1 aliphatic carbocycles. The molecule has 0 aliphatic heterocycles. The van der Waals surface area contributed by atoms with Gasteiger partial charge in [-0.15, -0.1) is 0 Å². The lowest BCUT2D eigenvalue weighted by molar-refractivity contribution is -0.134. The van der Waals surface area contributed by atoms with Crippen molar-refractivity contribution in [2.24, 2.45) is 5.92 Å². The zero-order chi connectivity index (χ0) is 16.4. The standard InChI is InChI=1S/C19H16F2O2/c1-23-18(22)9-8-15-12-19(15,13-4-2-6-16(20)10-13)14-5-3-7-17(21)11-14/h2-11,15H,12H2,1H3/b9-8-/t15-/m0/s1. The normalized spacial score (nSPS) is 18.8. The average Bonchev–Trinajstić information content (AvgIpc) is 3.28. The number of benzene rings is 2. The monoisotopic (exact) mass is 314 g/mol. The van der Waals surface area contributed by atoms with Crippen LogP contribution in [0.25, 0.3) is 0 Å². The van der Waals surface area contributed by atoms with Crippen molar-refractivity contribution in [1.29, 1.82) is 0 Å². The molecule has 1 aliphatic rings. The van der Waals surface area contributed by atoms with E-state index in [-0.39, 0.29) is 17.6 Å². The topological polar surface area (TPSA) is 26.3 Å². The highest BCUT2D eigenvalue weighted by Crippen LogP contribution is 2.59. The molecule has 0 saturated heterocycles. The third-order valence-corrected chi connectivity index (χ3v) is 4.36. The number of ether oxygens (including phenoxy) is 1. The molecule has 1 atom stereocenters. The summed E-state index contributed by atoms with van der Waals surface area (Å²) < 4.78 is 31.9. The lowest BCUT2D eigenvalue weighted by Gasteiger charge is -2.18. The summed E-state index contributed by atoms with van der Waals surface area (Å²) >= 11 is 0. The van der Waals surface area contributed by atoms with Gasteiger partial charge in [-0.3, -0.25) is 0 Å². The Morgan fingerprint density at radius 1 is 1.13 bits per heavy atom. The second-order valence-corrected chi connectivity index (χ2v) is 5.68. The molecule has 2 aromatic rings. The summed E-state index contributed by atoms with van der Waals surface area (Å²) in [7, 11) is 1.31. The predicted octanol–water partition coefficient (Wildman–Crippen LogP) is 4.00. The van der Waals surface area contributed by atoms with Crippen molar-refractivity contribution in [3.8, 4) is 0 Å². The quantitative estimate of drug-likeness (QED) is 0.630. The van der Waals surface area contributed by atoms with Crippen molar-refractivity contribution in [1.82, 2.24) is 0 Å². The number of rotatable bonds is 4. The summed E-state index contributed by atoms with van der Waals surface area (Å²) in [5, 5.41) is 0. The minimum Gasteiger partial charge on any atom is -0.466 e. The number of hydrogen-bond acceptors (Lipinski definition) is 2. The molecule has 2 aromatic carbocycles. The van der Waals surface area contributed by atoms with E-state index in [4.69, 9.17) is 0 Å². The second kappa shape index (κ2) is 5.95. The second-order valence-electron chi connectivity index (χ2n) is 5.68. The van der Waals surface area contributed by atoms with Gasteiger partial charge in [-0.2, -0.15) is 0 Å². The van der Waals surface area contributed by atoms with Gasteiger partial charge in [-0.25, -0.2) is 13.6 Å². The van der Waals surface area contributed by atoms with Gasteiger partial charge in [0.2, 0.25) is 0 Å². The molecule has 118 valence electrons. The first kappa shape index (κ1) is 15.4. The fourth-order valence-electron chi connectivity index (χ4n) is 3.15. The van der Waals surface area contributed by atoms with Crippen LogP contribution in [0.15, 0.2) is 60.7 Å². The van der Waals surface area contributed by atoms with Crippen LogP contribution in [0.1, 0.15) is 17.5 Å². The van der Waals surface area contributed by atoms with Crippen LogP contribution in [0.2, 0.25) is 0 Å². The van der Waals surface area contributed by atoms with E-state index in [1.165, 1.54) is 37.5 Å². The summed E-state index contributed by atoms with van der Waals surface area (Å²) in [6.07, 6.45) is 3.81. The van der Waals surface area contributed by atoms with E-state index >= 15 is 0 Å². The Kier molecular flexibility index (Phi) is 3.99. The molecule has 0 unspecified atom stereocenters. The van der Waals surface area contributed by atoms with Crippen LogP contribution < -0.4 is 0 Å². The number of allylic oxidation sites excluding steroid dienone is 1. The molecular weight excluding hydrogens is 298 g/mol. The zero-order valence-electron chi connectivity index (χ0n) is 12.6. The van der Waals surface area contributed by atoms with Crippen molar-refractivity contribution in [2.75, 3.05) is 7.11 Å². The first-order valence-electron chi connectivity index (χ1n) is 7.34. The summed E-state index contributed by atoms with van der Waals surface area (Å²) in [5.74, 6) is -1.11. The predicted molar refractivity (Wildman–Crippen MR) is 82.8 cm³/mol. The molecule has 3 rings (SSSR count). The maximum Gasteiger partial charge on any atom is 0.330 e. The van der Waals surface area contributed by atoms with Crippen molar-refractivity contribution >= 4 is 5.97 Å². The zero-order valence-corrected chi connectivity index (χ0v) is 12.6. The number of carbonyl (C=O) groups is 1. The Balaban J connectivity index is 2.03. The maximum atomic E-state index is 13.6. The molecule has 0 aromatic heterocycles. The van der Waals surface area contributed by atoms with E-state index in [9.17, 15) is 13.6 Å². The van der Waals surface area contributed by atoms with Gasteiger partial charge >= 0.3 is 5.97 Å². The Labute approximate surface area is 133 Å². The van der Waals surface area contributed by atoms with Gasteiger partial charge in [0.05, 0.1) is 7.11 Å². The molecule has 0 radical (unpaired) electrons. The Morgan fingerprint density at radius 3 is 2.17 bits per heavy atom. The molecule has 0 heterocycles. The van der Waals surface area contributed by atoms with Crippen molar-refractivity contribution in [3.05, 3.63) is 83.4 Å². The van der Waals surface area contributed by atoms with E-state index in [0.717, 1.165) is 11.1 Å². The van der Waals surface area contributed by atoms with Crippen LogP contribution in [-0.2, 0) is 14.9 Å². The first-order valence-corrected chi connectivity index (χ1v) is 7.34. The molecule has 0 amide bonds. The SMILES string of the molecule is COC(=O)/C=C\[C@H]1CC1(c1cccc(F)c1)c1cccc(F)c1. The van der Waals surface area contributed by atoms with Crippen LogP contribution in [0.5, 0.6) is 0 Å². The highest BCUT2D eigenvalue weighted by atomic mass is 19.1. The fourth-order valence-corrected chi connectivity index (χ4v) is 3.15.